The van der Waals surface area contributed by atoms with E-state index in [1.165, 1.54) is 47.8 Å². The lowest BCUT2D eigenvalue weighted by Gasteiger charge is -2.32. The van der Waals surface area contributed by atoms with Crippen LogP contribution in [0.1, 0.15) is 171 Å². The number of hydrogen-bond acceptors (Lipinski definition) is 22. The van der Waals surface area contributed by atoms with Crippen LogP contribution in [0.2, 0.25) is 30.9 Å². The maximum Gasteiger partial charge on any atom is 0.490 e. The van der Waals surface area contributed by atoms with Gasteiger partial charge in [-0.15, -0.1) is 0 Å². The molecule has 0 aromatic carbocycles. The second-order valence-electron chi connectivity index (χ2n) is 28.0. The number of carbonyl (C=O) groups excluding carboxylic acids is 1. The number of aromatic nitrogens is 6. The molecule has 1 amide bonds. The highest BCUT2D eigenvalue weighted by molar-refractivity contribution is 14.1. The maximum absolute atomic E-state index is 12.0. The van der Waals surface area contributed by atoms with Gasteiger partial charge < -0.3 is 59.5 Å². The van der Waals surface area contributed by atoms with E-state index in [4.69, 9.17) is 134 Å². The lowest BCUT2D eigenvalue weighted by Crippen LogP contribution is -2.41. The number of rotatable bonds is 11. The fraction of sp³-hybridized carbons (Fsp3) is 0.468. The molecule has 32 heteroatoms. The van der Waals surface area contributed by atoms with Crippen molar-refractivity contribution in [2.24, 2.45) is 0 Å². The molecule has 0 atom stereocenters. The third kappa shape index (κ3) is 34.7. The minimum atomic E-state index is -0.489. The molecule has 6 aliphatic rings. The molecule has 23 nitrogen and oxygen atoms in total. The fourth-order valence-corrected chi connectivity index (χ4v) is 10.2. The summed E-state index contributed by atoms with van der Waals surface area (Å²) in [6, 6.07) is 12.1. The second-order valence-corrected chi connectivity index (χ2v) is 31.5. The van der Waals surface area contributed by atoms with Crippen molar-refractivity contribution in [3.05, 3.63) is 197 Å². The third-order valence-corrected chi connectivity index (χ3v) is 19.1. The average molecular weight is 1740 g/mol. The van der Waals surface area contributed by atoms with Crippen molar-refractivity contribution in [3.8, 4) is 0 Å². The number of aryl methyl sites for hydroxylation is 2. The number of nitrogens with one attached hydrogen (secondary N) is 1. The van der Waals surface area contributed by atoms with Crippen LogP contribution in [0.15, 0.2) is 129 Å². The minimum absolute atomic E-state index is 0.243. The maximum atomic E-state index is 12.0. The van der Waals surface area contributed by atoms with E-state index < -0.39 is 5.60 Å². The smallest absolute Gasteiger partial charge is 0.490 e. The molecule has 6 aromatic heterocycles. The Kier molecular flexibility index (Phi) is 41.6. The Morgan fingerprint density at radius 1 is 0.569 bits per heavy atom. The Morgan fingerprint density at radius 3 is 1.46 bits per heavy atom. The van der Waals surface area contributed by atoms with E-state index in [-0.39, 0.29) is 53.9 Å². The molecule has 12 rings (SSSR count). The van der Waals surface area contributed by atoms with Gasteiger partial charge in [-0.1, -0.05) is 94.0 Å². The minimum Gasteiger partial charge on any atom is -0.502 e. The van der Waals surface area contributed by atoms with Crippen LogP contribution in [-0.2, 0) is 77.7 Å². The summed E-state index contributed by atoms with van der Waals surface area (Å²) in [7, 11) is -0.599. The SMILES string of the molecule is C=COCC.CC(C)(C)OC(=O)N1CCc2cnc(Cl)cc21.CC1(C)ONOC1(C)C.CCO/C=C/B1OC(C)(C)C(C)(C)O1.CCO/C=C/B1OC(C)(C)C(C)(C)O1.CCO/C=C/c1cnc(Cl)cc1N.Clc1cc2c(cn1)C=CC2.Clc1cc2c(cn1)CCC2.Nc1cc(Cl)ncc1I.Nc1ccnc(Cl)c1. The van der Waals surface area contributed by atoms with Gasteiger partial charge in [0.2, 0.25) is 0 Å². The van der Waals surface area contributed by atoms with Crippen molar-refractivity contribution >= 4 is 147 Å². The summed E-state index contributed by atoms with van der Waals surface area (Å²) >= 11 is 35.9. The molecular weight excluding hydrogens is 1630 g/mol. The van der Waals surface area contributed by atoms with Crippen molar-refractivity contribution in [1.82, 2.24) is 35.5 Å². The van der Waals surface area contributed by atoms with Gasteiger partial charge >= 0.3 is 20.3 Å². The molecule has 7 N–H and O–H groups in total. The number of hydrogen-bond donors (Lipinski definition) is 4. The zero-order chi connectivity index (χ0) is 82.0. The zero-order valence-corrected chi connectivity index (χ0v) is 72.7. The molecule has 6 aromatic rings. The molecular formula is C77H108B2Cl6IN11O12. The van der Waals surface area contributed by atoms with Gasteiger partial charge in [-0.3, -0.25) is 14.6 Å². The van der Waals surface area contributed by atoms with Crippen molar-refractivity contribution in [2.45, 2.75) is 203 Å². The Bertz CT molecular complexity index is 3810. The van der Waals surface area contributed by atoms with Crippen molar-refractivity contribution < 1.29 is 56.8 Å². The number of fused-ring (bicyclic) bond motifs is 3. The first-order valence-electron chi connectivity index (χ1n) is 35.3. The summed E-state index contributed by atoms with van der Waals surface area (Å²) in [5, 5.41) is 2.87. The van der Waals surface area contributed by atoms with Crippen LogP contribution >= 0.6 is 92.2 Å². The molecule has 109 heavy (non-hydrogen) atoms. The van der Waals surface area contributed by atoms with E-state index in [9.17, 15) is 4.79 Å². The first kappa shape index (κ1) is 97.0. The summed E-state index contributed by atoms with van der Waals surface area (Å²) in [5.74, 6) is 3.58. The van der Waals surface area contributed by atoms with Gasteiger partial charge in [0.25, 0.3) is 0 Å². The van der Waals surface area contributed by atoms with Crippen LogP contribution in [0.25, 0.3) is 12.2 Å². The van der Waals surface area contributed by atoms with E-state index in [1.54, 1.807) is 103 Å². The molecule has 0 bridgehead atoms. The Balaban J connectivity index is 0.000000318. The number of nitrogen functional groups attached to an aromatic ring is 3. The van der Waals surface area contributed by atoms with Crippen molar-refractivity contribution in [1.29, 1.82) is 0 Å². The van der Waals surface area contributed by atoms with Crippen LogP contribution in [0.4, 0.5) is 27.5 Å². The monoisotopic (exact) mass is 1740 g/mol. The quantitative estimate of drug-likeness (QED) is 0.0406. The highest BCUT2D eigenvalue weighted by atomic mass is 127. The molecule has 3 fully saturated rings. The molecule has 0 saturated carbocycles. The fourth-order valence-electron chi connectivity index (χ4n) is 8.91. The number of anilines is 4. The summed E-state index contributed by atoms with van der Waals surface area (Å²) in [4.78, 5) is 47.2. The van der Waals surface area contributed by atoms with Gasteiger partial charge in [0.15, 0.2) is 0 Å². The molecule has 0 spiro atoms. The molecule has 0 unspecified atom stereocenters. The van der Waals surface area contributed by atoms with Gasteiger partial charge in [-0.25, -0.2) is 34.7 Å². The predicted molar refractivity (Wildman–Crippen MR) is 453 cm³/mol. The van der Waals surface area contributed by atoms with Crippen LogP contribution in [0.5, 0.6) is 0 Å². The number of ether oxygens (including phenoxy) is 5. The third-order valence-electron chi connectivity index (χ3n) is 16.9. The molecule has 598 valence electrons. The Hall–Kier alpha value is -6.21. The van der Waals surface area contributed by atoms with Crippen LogP contribution in [0.3, 0.4) is 0 Å². The van der Waals surface area contributed by atoms with Crippen molar-refractivity contribution in [2.75, 3.05) is 55.1 Å². The van der Waals surface area contributed by atoms with Gasteiger partial charge in [0.05, 0.1) is 83.1 Å². The van der Waals surface area contributed by atoms with E-state index in [2.05, 4.69) is 81.6 Å². The summed E-state index contributed by atoms with van der Waals surface area (Å²) in [6.07, 6.45) is 27.5. The molecule has 3 saturated heterocycles. The van der Waals surface area contributed by atoms with E-state index in [0.717, 1.165) is 39.8 Å². The first-order chi connectivity index (χ1) is 51.0. The van der Waals surface area contributed by atoms with Crippen LogP contribution in [-0.4, -0.2) is 122 Å². The van der Waals surface area contributed by atoms with Gasteiger partial charge in [0, 0.05) is 66.4 Å². The van der Waals surface area contributed by atoms with Gasteiger partial charge in [-0.2, -0.15) is 0 Å². The average Bonchev–Trinajstić information content (AvgIpc) is 1.65. The summed E-state index contributed by atoms with van der Waals surface area (Å²) in [5.41, 5.74) is 26.6. The molecule has 10 heterocycles. The number of nitrogens with zero attached hydrogens (tertiary/aromatic N) is 7. The highest BCUT2D eigenvalue weighted by Gasteiger charge is 2.51. The Labute approximate surface area is 689 Å². The van der Waals surface area contributed by atoms with E-state index in [0.29, 0.717) is 74.3 Å². The van der Waals surface area contributed by atoms with Crippen molar-refractivity contribution in [3.63, 3.8) is 0 Å². The molecule has 4 aliphatic heterocycles. The predicted octanol–water partition coefficient (Wildman–Crippen LogP) is 19.6. The highest BCUT2D eigenvalue weighted by Crippen LogP contribution is 2.39. The standard InChI is InChI=1S/C12H15ClN2O2.2C10H19BO3.C9H11ClN2O.C8H8ClN.C8H6ClN.C6H13NO2.C5H4ClIN2.C5H5ClN2.C4H8O/c1-12(2,3)17-11(16)15-5-4-8-7-14-10(13)6-9(8)15;2*1-6-12-8-7-11-13-9(2,3)10(4,5)14-11;1-2-13-4-3-7-6-12-9(10)5-8(7)11;2*9-8-4-6-2-1-3-7(6)5-10-8;1-5(2)6(3,4)9-7-8-5;6-5-1-4(8)3(7)2-9-5;6-5-3-4(7)1-2-8-5;1-3-5-4-2/h6-7H,4-5H2,1-3H3;2*7-8H,6H2,1-5H3;3-6H,2H2,1H3,(H2,11,12);4-5H,1-3H2;1,3-5H,2H2;7H,1-4H3;1-2H,(H2,8,9);1-3H,(H2,7,8);3H,1,4H2,2H3/b;2*8-7+;4-3+;;;;;;. The van der Waals surface area contributed by atoms with Crippen LogP contribution < -0.4 is 27.7 Å². The van der Waals surface area contributed by atoms with Gasteiger partial charge in [-0.05, 0) is 275 Å². The zero-order valence-electron chi connectivity index (χ0n) is 66.0. The summed E-state index contributed by atoms with van der Waals surface area (Å²) < 4.78 is 49.0. The summed E-state index contributed by atoms with van der Waals surface area (Å²) in [6.45, 7) is 44.0. The second kappa shape index (κ2) is 46.7. The van der Waals surface area contributed by atoms with Gasteiger partial charge in [0.1, 0.15) is 47.7 Å². The molecule has 0 radical (unpaired) electrons. The van der Waals surface area contributed by atoms with Crippen LogP contribution in [0, 0.1) is 3.57 Å². The lowest BCUT2D eigenvalue weighted by molar-refractivity contribution is -0.113. The van der Waals surface area contributed by atoms with E-state index >= 15 is 0 Å². The number of pyridine rings is 6. The normalized spacial score (nSPS) is 16.8. The first-order valence-corrected chi connectivity index (χ1v) is 38.6. The topological polar surface area (TPSA) is 289 Å². The largest absolute Gasteiger partial charge is 0.502 e. The van der Waals surface area contributed by atoms with E-state index in [1.807, 2.05) is 150 Å². The number of nitrogens with two attached hydrogens (primary N) is 3. The number of halogens is 7. The number of amides is 1. The number of carbonyl (C=O) groups is 1. The lowest BCUT2D eigenvalue weighted by atomic mass is 9.90. The Morgan fingerprint density at radius 2 is 1.02 bits per heavy atom. The number of allylic oxidation sites excluding steroid dienone is 1. The molecule has 2 aliphatic carbocycles.